The summed E-state index contributed by atoms with van der Waals surface area (Å²) in [5, 5.41) is 4.94. The van der Waals surface area contributed by atoms with Crippen molar-refractivity contribution in [1.82, 2.24) is 15.2 Å². The van der Waals surface area contributed by atoms with E-state index in [2.05, 4.69) is 33.9 Å². The molecule has 0 saturated carbocycles. The van der Waals surface area contributed by atoms with Crippen molar-refractivity contribution in [1.29, 1.82) is 0 Å². The molecule has 0 bridgehead atoms. The highest BCUT2D eigenvalue weighted by molar-refractivity contribution is 7.13. The maximum absolute atomic E-state index is 13.2. The van der Waals surface area contributed by atoms with Crippen molar-refractivity contribution >= 4 is 23.2 Å². The molecule has 3 aromatic rings. The first kappa shape index (κ1) is 21.2. The topological polar surface area (TPSA) is 62.3 Å². The molecule has 1 aromatic carbocycles. The van der Waals surface area contributed by atoms with Crippen LogP contribution in [-0.4, -0.2) is 41.8 Å². The van der Waals surface area contributed by atoms with Crippen LogP contribution in [0.25, 0.3) is 10.4 Å². The van der Waals surface area contributed by atoms with Crippen LogP contribution in [0, 0.1) is 5.41 Å². The minimum absolute atomic E-state index is 0.00682. The van der Waals surface area contributed by atoms with Crippen molar-refractivity contribution in [2.75, 3.05) is 20.1 Å². The summed E-state index contributed by atoms with van der Waals surface area (Å²) in [4.78, 5) is 33.4. The molecule has 4 rings (SSSR count). The molecule has 5 nitrogen and oxygen atoms in total. The Balaban J connectivity index is 1.60. The molecule has 3 heterocycles. The number of benzene rings is 1. The third-order valence-corrected chi connectivity index (χ3v) is 6.95. The molecule has 1 aliphatic rings. The van der Waals surface area contributed by atoms with Gasteiger partial charge in [0.1, 0.15) is 0 Å². The lowest BCUT2D eigenvalue weighted by Crippen LogP contribution is -2.54. The second-order valence-corrected chi connectivity index (χ2v) is 9.08. The van der Waals surface area contributed by atoms with Crippen LogP contribution in [0.3, 0.4) is 0 Å². The molecule has 1 atom stereocenters. The van der Waals surface area contributed by atoms with Gasteiger partial charge >= 0.3 is 0 Å². The zero-order valence-corrected chi connectivity index (χ0v) is 18.5. The number of rotatable bonds is 6. The van der Waals surface area contributed by atoms with Gasteiger partial charge in [0.05, 0.1) is 11.8 Å². The highest BCUT2D eigenvalue weighted by atomic mass is 32.1. The lowest BCUT2D eigenvalue weighted by molar-refractivity contribution is -0.141. The van der Waals surface area contributed by atoms with Gasteiger partial charge in [-0.15, -0.1) is 11.3 Å². The van der Waals surface area contributed by atoms with Crippen LogP contribution < -0.4 is 5.32 Å². The summed E-state index contributed by atoms with van der Waals surface area (Å²) < 4.78 is 0. The van der Waals surface area contributed by atoms with E-state index in [4.69, 9.17) is 0 Å². The van der Waals surface area contributed by atoms with Gasteiger partial charge in [0.15, 0.2) is 0 Å². The Hall–Kier alpha value is -2.99. The van der Waals surface area contributed by atoms with Crippen molar-refractivity contribution in [3.8, 4) is 10.4 Å². The highest BCUT2D eigenvalue weighted by Gasteiger charge is 2.43. The first-order valence-corrected chi connectivity index (χ1v) is 11.5. The third-order valence-electron chi connectivity index (χ3n) is 6.05. The maximum Gasteiger partial charge on any atom is 0.228 e. The van der Waals surface area contributed by atoms with Crippen molar-refractivity contribution < 1.29 is 9.59 Å². The Kier molecular flexibility index (Phi) is 6.47. The van der Waals surface area contributed by atoms with Crippen molar-refractivity contribution in [2.24, 2.45) is 5.41 Å². The first-order chi connectivity index (χ1) is 15.1. The van der Waals surface area contributed by atoms with Gasteiger partial charge in [-0.25, -0.2) is 0 Å². The van der Waals surface area contributed by atoms with E-state index in [1.165, 1.54) is 10.4 Å². The van der Waals surface area contributed by atoms with Crippen LogP contribution in [-0.2, 0) is 22.4 Å². The summed E-state index contributed by atoms with van der Waals surface area (Å²) in [5.74, 6) is 0.0554. The number of hydrogen-bond donors (Lipinski definition) is 1. The van der Waals surface area contributed by atoms with E-state index in [9.17, 15) is 9.59 Å². The number of likely N-dealkylation sites (tertiary alicyclic amines) is 1. The van der Waals surface area contributed by atoms with Crippen molar-refractivity contribution in [3.05, 3.63) is 77.4 Å². The molecule has 1 fully saturated rings. The van der Waals surface area contributed by atoms with Gasteiger partial charge in [-0.05, 0) is 53.5 Å². The van der Waals surface area contributed by atoms with Crippen LogP contribution in [0.4, 0.5) is 0 Å². The first-order valence-electron chi connectivity index (χ1n) is 10.6. The van der Waals surface area contributed by atoms with Gasteiger partial charge in [0.2, 0.25) is 11.8 Å². The number of nitrogens with zero attached hydrogens (tertiary/aromatic N) is 2. The van der Waals surface area contributed by atoms with E-state index >= 15 is 0 Å². The molecule has 0 aliphatic carbocycles. The van der Waals surface area contributed by atoms with E-state index in [0.717, 1.165) is 24.0 Å². The average molecular weight is 434 g/mol. The Bertz CT molecular complexity index is 1040. The fourth-order valence-corrected chi connectivity index (χ4v) is 5.31. The summed E-state index contributed by atoms with van der Waals surface area (Å²) in [7, 11) is 1.69. The molecule has 0 radical (unpaired) electrons. The molecular weight excluding hydrogens is 406 g/mol. The average Bonchev–Trinajstić information content (AvgIpc) is 3.34. The molecule has 0 unspecified atom stereocenters. The molecule has 1 saturated heterocycles. The second-order valence-electron chi connectivity index (χ2n) is 8.13. The predicted octanol–water partition coefficient (Wildman–Crippen LogP) is 3.95. The summed E-state index contributed by atoms with van der Waals surface area (Å²) in [6.07, 6.45) is 5.93. The summed E-state index contributed by atoms with van der Waals surface area (Å²) >= 11 is 1.70. The quantitative estimate of drug-likeness (QED) is 0.640. The number of nitrogens with one attached hydrogen (secondary N) is 1. The molecule has 1 N–H and O–H groups in total. The molecule has 1 aliphatic heterocycles. The van der Waals surface area contributed by atoms with Crippen molar-refractivity contribution in [3.63, 3.8) is 0 Å². The SMILES string of the molecule is CNC(=O)[C@]1(Cc2ccccc2-c2cccs2)CCCN(C(=O)Cc2cccnc2)C1. The fraction of sp³-hybridized carbons (Fsp3) is 0.320. The Morgan fingerprint density at radius 3 is 2.77 bits per heavy atom. The lowest BCUT2D eigenvalue weighted by atomic mass is 9.73. The van der Waals surface area contributed by atoms with Crippen LogP contribution in [0.1, 0.15) is 24.0 Å². The molecule has 160 valence electrons. The molecule has 0 spiro atoms. The molecular formula is C25H27N3O2S. The summed E-state index contributed by atoms with van der Waals surface area (Å²) in [5.41, 5.74) is 2.58. The number of carbonyl (C=O) groups is 2. The number of carbonyl (C=O) groups excluding carboxylic acids is 2. The van der Waals surface area contributed by atoms with Gasteiger partial charge in [-0.2, -0.15) is 0 Å². The minimum atomic E-state index is -0.634. The Morgan fingerprint density at radius 2 is 2.03 bits per heavy atom. The number of thiophene rings is 1. The van der Waals surface area contributed by atoms with E-state index in [1.807, 2.05) is 35.2 Å². The zero-order valence-electron chi connectivity index (χ0n) is 17.7. The lowest BCUT2D eigenvalue weighted by Gasteiger charge is -2.42. The molecule has 2 aromatic heterocycles. The monoisotopic (exact) mass is 433 g/mol. The number of pyridine rings is 1. The van der Waals surface area contributed by atoms with Crippen molar-refractivity contribution in [2.45, 2.75) is 25.7 Å². The Morgan fingerprint density at radius 1 is 1.16 bits per heavy atom. The van der Waals surface area contributed by atoms with E-state index in [-0.39, 0.29) is 11.8 Å². The standard InChI is InChI=1S/C25H27N3O2S/c1-26-24(30)25(16-20-8-2-3-9-21(20)22-10-5-14-31-22)11-6-13-28(18-25)23(29)15-19-7-4-12-27-17-19/h2-5,7-10,12,14,17H,6,11,13,15-16,18H2,1H3,(H,26,30)/t25-/m0/s1. The highest BCUT2D eigenvalue weighted by Crippen LogP contribution is 2.38. The number of aromatic nitrogens is 1. The number of hydrogen-bond acceptors (Lipinski definition) is 4. The van der Waals surface area contributed by atoms with Crippen LogP contribution >= 0.6 is 11.3 Å². The Labute approximate surface area is 187 Å². The van der Waals surface area contributed by atoms with Crippen LogP contribution in [0.5, 0.6) is 0 Å². The van der Waals surface area contributed by atoms with Gasteiger partial charge in [0, 0.05) is 37.4 Å². The van der Waals surface area contributed by atoms with Crippen LogP contribution in [0.15, 0.2) is 66.3 Å². The summed E-state index contributed by atoms with van der Waals surface area (Å²) in [6, 6.07) is 16.2. The summed E-state index contributed by atoms with van der Waals surface area (Å²) in [6.45, 7) is 1.12. The molecule has 31 heavy (non-hydrogen) atoms. The third kappa shape index (κ3) is 4.69. The smallest absolute Gasteiger partial charge is 0.228 e. The van der Waals surface area contributed by atoms with Gasteiger partial charge in [-0.3, -0.25) is 14.6 Å². The maximum atomic E-state index is 13.2. The largest absolute Gasteiger partial charge is 0.359 e. The van der Waals surface area contributed by atoms with E-state index in [0.29, 0.717) is 25.9 Å². The number of piperidine rings is 1. The fourth-order valence-electron chi connectivity index (χ4n) is 4.52. The zero-order chi connectivity index (χ0) is 21.7. The van der Waals surface area contributed by atoms with Gasteiger partial charge < -0.3 is 10.2 Å². The van der Waals surface area contributed by atoms with Crippen LogP contribution in [0.2, 0.25) is 0 Å². The van der Waals surface area contributed by atoms with E-state index in [1.54, 1.807) is 30.8 Å². The number of amides is 2. The van der Waals surface area contributed by atoms with Gasteiger partial charge in [0.25, 0.3) is 0 Å². The van der Waals surface area contributed by atoms with Gasteiger partial charge in [-0.1, -0.05) is 36.4 Å². The predicted molar refractivity (Wildman–Crippen MR) is 124 cm³/mol. The minimum Gasteiger partial charge on any atom is -0.359 e. The second kappa shape index (κ2) is 9.43. The van der Waals surface area contributed by atoms with E-state index < -0.39 is 5.41 Å². The molecule has 6 heteroatoms. The molecule has 2 amide bonds. The normalized spacial score (nSPS) is 18.5.